The number of fused-ring (bicyclic) bond motifs is 5. The Morgan fingerprint density at radius 2 is 1.63 bits per heavy atom. The second kappa shape index (κ2) is 12.7. The van der Waals surface area contributed by atoms with Gasteiger partial charge in [0.2, 0.25) is 12.1 Å². The molecular formula is C38H54O13. The first-order valence-electron chi connectivity index (χ1n) is 17.6. The normalized spacial score (nSPS) is 43.3. The summed E-state index contributed by atoms with van der Waals surface area (Å²) in [4.78, 5) is 53.9. The van der Waals surface area contributed by atoms with Gasteiger partial charge in [-0.15, -0.1) is 0 Å². The van der Waals surface area contributed by atoms with E-state index >= 15 is 0 Å². The fourth-order valence-corrected chi connectivity index (χ4v) is 10.3. The van der Waals surface area contributed by atoms with Gasteiger partial charge in [-0.25, -0.2) is 0 Å². The lowest BCUT2D eigenvalue weighted by Crippen LogP contribution is -2.64. The number of aliphatic hydroxyl groups excluding tert-OH is 5. The SMILES string of the molecule is CC(=O)OC(C)(C)/C=C/C(=O)[C@](C)(O)C1[C@H](O)C[C@@]2(C)C3CC=C4C(C=C(O[C@@H]5OC(CO)[C@@H](O)[C@H](O)C5O)C(=O)C4(C)C)[C@]3(C)C(=O)C[C@]12C. The fourth-order valence-electron chi connectivity index (χ4n) is 10.3. The van der Waals surface area contributed by atoms with E-state index in [9.17, 15) is 49.8 Å². The van der Waals surface area contributed by atoms with Crippen LogP contribution in [0.3, 0.4) is 0 Å². The van der Waals surface area contributed by atoms with E-state index in [0.717, 1.165) is 6.08 Å². The lowest BCUT2D eigenvalue weighted by atomic mass is 9.39. The molecule has 284 valence electrons. The minimum Gasteiger partial charge on any atom is -0.459 e. The molecular weight excluding hydrogens is 664 g/mol. The number of esters is 1. The van der Waals surface area contributed by atoms with Crippen molar-refractivity contribution >= 4 is 23.3 Å². The minimum atomic E-state index is -2.09. The van der Waals surface area contributed by atoms with Crippen LogP contribution in [-0.2, 0) is 33.4 Å². The van der Waals surface area contributed by atoms with Crippen LogP contribution in [-0.4, -0.2) is 109 Å². The van der Waals surface area contributed by atoms with Crippen molar-refractivity contribution in [2.45, 2.75) is 130 Å². The van der Waals surface area contributed by atoms with Crippen molar-refractivity contribution in [3.8, 4) is 0 Å². The monoisotopic (exact) mass is 718 g/mol. The summed E-state index contributed by atoms with van der Waals surface area (Å²) in [7, 11) is 0. The average molecular weight is 719 g/mol. The molecule has 13 heteroatoms. The molecule has 0 aromatic rings. The highest BCUT2D eigenvalue weighted by molar-refractivity contribution is 6.02. The van der Waals surface area contributed by atoms with E-state index < -0.39 is 112 Å². The standard InChI is InChI=1S/C38H54O13/c1-18(40)51-33(2,3)13-12-25(42)38(9,48)30-21(41)15-35(6)24-11-10-19-20(37(24,8)26(43)16-36(30,35)7)14-22(31(47)34(19,4)5)49-32-29(46)28(45)27(44)23(17-39)50-32/h10,12-14,20-21,23-24,27-30,32,39,41,44-46,48H,11,15-17H2,1-9H3/b13-12+/t20?,21-,23?,24?,27-,28+,29?,30?,32-,35+,36-,37+,38+/m1/s1. The minimum absolute atomic E-state index is 0.0841. The molecule has 1 heterocycles. The van der Waals surface area contributed by atoms with E-state index in [0.29, 0.717) is 12.0 Å². The maximum atomic E-state index is 14.8. The summed E-state index contributed by atoms with van der Waals surface area (Å²) in [5, 5.41) is 64.6. The van der Waals surface area contributed by atoms with E-state index in [1.54, 1.807) is 33.8 Å². The molecule has 0 aromatic heterocycles. The quantitative estimate of drug-likeness (QED) is 0.119. The number of carbonyl (C=O) groups excluding carboxylic acids is 4. The molecule has 51 heavy (non-hydrogen) atoms. The molecule has 0 amide bonds. The molecule has 5 unspecified atom stereocenters. The van der Waals surface area contributed by atoms with Gasteiger partial charge < -0.3 is 44.8 Å². The summed E-state index contributed by atoms with van der Waals surface area (Å²) in [5.74, 6) is -4.17. The fraction of sp³-hybridized carbons (Fsp3) is 0.737. The molecule has 5 aliphatic rings. The summed E-state index contributed by atoms with van der Waals surface area (Å²) in [6.07, 6.45) is -2.57. The van der Waals surface area contributed by atoms with Crippen molar-refractivity contribution in [1.82, 2.24) is 0 Å². The number of ether oxygens (including phenoxy) is 3. The van der Waals surface area contributed by atoms with E-state index in [-0.39, 0.29) is 24.4 Å². The predicted molar refractivity (Wildman–Crippen MR) is 180 cm³/mol. The number of hydrogen-bond donors (Lipinski definition) is 6. The van der Waals surface area contributed by atoms with Crippen LogP contribution in [0.5, 0.6) is 0 Å². The molecule has 0 spiro atoms. The Kier molecular flexibility index (Phi) is 9.80. The lowest BCUT2D eigenvalue weighted by Gasteiger charge is -2.63. The zero-order valence-electron chi connectivity index (χ0n) is 30.9. The van der Waals surface area contributed by atoms with Gasteiger partial charge in [-0.2, -0.15) is 0 Å². The van der Waals surface area contributed by atoms with Gasteiger partial charge >= 0.3 is 5.97 Å². The zero-order chi connectivity index (χ0) is 38.4. The highest BCUT2D eigenvalue weighted by atomic mass is 16.7. The first-order chi connectivity index (χ1) is 23.3. The smallest absolute Gasteiger partial charge is 0.303 e. The van der Waals surface area contributed by atoms with Crippen LogP contribution >= 0.6 is 0 Å². The molecule has 1 aliphatic heterocycles. The number of carbonyl (C=O) groups is 4. The first kappa shape index (κ1) is 39.4. The van der Waals surface area contributed by atoms with Crippen LogP contribution in [0.25, 0.3) is 0 Å². The van der Waals surface area contributed by atoms with E-state index in [4.69, 9.17) is 14.2 Å². The molecule has 4 aliphatic carbocycles. The van der Waals surface area contributed by atoms with E-state index in [1.165, 1.54) is 19.9 Å². The Balaban J connectivity index is 1.52. The lowest BCUT2D eigenvalue weighted by molar-refractivity contribution is -0.291. The van der Waals surface area contributed by atoms with Crippen molar-refractivity contribution in [2.24, 2.45) is 39.4 Å². The molecule has 5 rings (SSSR count). The van der Waals surface area contributed by atoms with Gasteiger partial charge in [-0.3, -0.25) is 19.2 Å². The number of Topliss-reactive ketones (excluding diaryl/α,β-unsaturated/α-hetero) is 2. The van der Waals surface area contributed by atoms with Crippen LogP contribution in [0.15, 0.2) is 35.6 Å². The van der Waals surface area contributed by atoms with Gasteiger partial charge in [0.25, 0.3) is 0 Å². The van der Waals surface area contributed by atoms with Crippen LogP contribution in [0.4, 0.5) is 0 Å². The van der Waals surface area contributed by atoms with Gasteiger partial charge in [0.1, 0.15) is 41.4 Å². The van der Waals surface area contributed by atoms with Crippen LogP contribution in [0, 0.1) is 39.4 Å². The molecule has 13 atom stereocenters. The Bertz CT molecular complexity index is 1570. The Hall–Kier alpha value is -2.78. The summed E-state index contributed by atoms with van der Waals surface area (Å²) in [5.41, 5.74) is -6.62. The maximum absolute atomic E-state index is 14.8. The van der Waals surface area contributed by atoms with Gasteiger partial charge in [0.05, 0.1) is 18.1 Å². The predicted octanol–water partition coefficient (Wildman–Crippen LogP) is 1.45. The summed E-state index contributed by atoms with van der Waals surface area (Å²) >= 11 is 0. The second-order valence-corrected chi connectivity index (χ2v) is 17.2. The Labute approximate surface area is 298 Å². The van der Waals surface area contributed by atoms with Gasteiger partial charge in [-0.05, 0) is 82.4 Å². The van der Waals surface area contributed by atoms with Crippen molar-refractivity contribution in [3.05, 3.63) is 35.6 Å². The largest absolute Gasteiger partial charge is 0.459 e. The number of hydrogen-bond acceptors (Lipinski definition) is 13. The van der Waals surface area contributed by atoms with Crippen molar-refractivity contribution in [2.75, 3.05) is 6.61 Å². The first-order valence-corrected chi connectivity index (χ1v) is 17.6. The van der Waals surface area contributed by atoms with E-state index in [1.807, 2.05) is 26.8 Å². The zero-order valence-corrected chi connectivity index (χ0v) is 30.9. The molecule has 2 saturated carbocycles. The van der Waals surface area contributed by atoms with Crippen molar-refractivity contribution < 1.29 is 64.0 Å². The van der Waals surface area contributed by atoms with Crippen LogP contribution in [0.1, 0.15) is 81.6 Å². The average Bonchev–Trinajstić information content (AvgIpc) is 3.22. The molecule has 13 nitrogen and oxygen atoms in total. The third-order valence-electron chi connectivity index (χ3n) is 13.3. The van der Waals surface area contributed by atoms with E-state index in [2.05, 4.69) is 0 Å². The molecule has 0 radical (unpaired) electrons. The third-order valence-corrected chi connectivity index (χ3v) is 13.3. The molecule has 3 fully saturated rings. The molecule has 0 bridgehead atoms. The molecule has 0 aromatic carbocycles. The molecule has 1 saturated heterocycles. The highest BCUT2D eigenvalue weighted by Crippen LogP contribution is 2.73. The van der Waals surface area contributed by atoms with Gasteiger partial charge in [0, 0.05) is 30.6 Å². The molecule has 6 N–H and O–H groups in total. The second-order valence-electron chi connectivity index (χ2n) is 17.2. The topological polar surface area (TPSA) is 217 Å². The highest BCUT2D eigenvalue weighted by Gasteiger charge is 2.74. The van der Waals surface area contributed by atoms with Crippen LogP contribution < -0.4 is 0 Å². The third kappa shape index (κ3) is 5.87. The number of rotatable bonds is 8. The van der Waals surface area contributed by atoms with Crippen molar-refractivity contribution in [1.29, 1.82) is 0 Å². The van der Waals surface area contributed by atoms with Crippen LogP contribution in [0.2, 0.25) is 0 Å². The summed E-state index contributed by atoms with van der Waals surface area (Å²) in [6, 6.07) is 0. The summed E-state index contributed by atoms with van der Waals surface area (Å²) in [6.45, 7) is 14.2. The number of allylic oxidation sites excluding steroid dienone is 4. The van der Waals surface area contributed by atoms with Crippen molar-refractivity contribution in [3.63, 3.8) is 0 Å². The maximum Gasteiger partial charge on any atom is 0.303 e. The number of aliphatic hydroxyl groups is 6. The number of ketones is 3. The Morgan fingerprint density at radius 1 is 1.00 bits per heavy atom. The summed E-state index contributed by atoms with van der Waals surface area (Å²) < 4.78 is 16.7. The van der Waals surface area contributed by atoms with Gasteiger partial charge in [0.15, 0.2) is 11.5 Å². The Morgan fingerprint density at radius 3 is 2.22 bits per heavy atom. The van der Waals surface area contributed by atoms with Gasteiger partial charge in [-0.1, -0.05) is 32.4 Å².